The van der Waals surface area contributed by atoms with Gasteiger partial charge in [0, 0.05) is 12.2 Å². The number of nitrogens with zero attached hydrogens (tertiary/aromatic N) is 3. The number of hydrogen-bond donors (Lipinski definition) is 0. The average Bonchev–Trinajstić information content (AvgIpc) is 3.06. The molecule has 1 saturated heterocycles. The van der Waals surface area contributed by atoms with E-state index in [2.05, 4.69) is 4.98 Å². The molecule has 1 aliphatic carbocycles. The van der Waals surface area contributed by atoms with Crippen LogP contribution >= 0.6 is 23.4 Å². The molecule has 2 aliphatic rings. The van der Waals surface area contributed by atoms with Crippen molar-refractivity contribution in [3.8, 4) is 0 Å². The topological polar surface area (TPSA) is 45.6 Å². The van der Waals surface area contributed by atoms with Crippen molar-refractivity contribution >= 4 is 45.7 Å². The minimum atomic E-state index is -0.297. The Kier molecular flexibility index (Phi) is 6.01. The van der Waals surface area contributed by atoms with Crippen LogP contribution < -0.4 is 0 Å². The molecule has 0 radical (unpaired) electrons. The third-order valence-electron chi connectivity index (χ3n) is 5.33. The van der Waals surface area contributed by atoms with E-state index < -0.39 is 0 Å². The van der Waals surface area contributed by atoms with Gasteiger partial charge in [-0.1, -0.05) is 43.0 Å². The number of amides is 1. The molecule has 0 bridgehead atoms. The number of aliphatic imine (C=N–C) groups is 1. The van der Waals surface area contributed by atoms with Crippen LogP contribution in [0.3, 0.4) is 0 Å². The van der Waals surface area contributed by atoms with E-state index in [1.54, 1.807) is 30.5 Å². The zero-order valence-corrected chi connectivity index (χ0v) is 17.6. The lowest BCUT2D eigenvalue weighted by molar-refractivity contribution is -0.124. The van der Waals surface area contributed by atoms with Crippen molar-refractivity contribution in [1.82, 2.24) is 9.88 Å². The molecule has 2 heterocycles. The van der Waals surface area contributed by atoms with Gasteiger partial charge in [0.05, 0.1) is 4.91 Å². The van der Waals surface area contributed by atoms with E-state index in [9.17, 15) is 9.18 Å². The van der Waals surface area contributed by atoms with E-state index in [1.807, 2.05) is 11.8 Å². The van der Waals surface area contributed by atoms with Gasteiger partial charge < -0.3 is 0 Å². The van der Waals surface area contributed by atoms with Gasteiger partial charge in [-0.05, 0) is 66.9 Å². The Labute approximate surface area is 178 Å². The fourth-order valence-corrected chi connectivity index (χ4v) is 5.03. The molecule has 2 aromatic rings. The van der Waals surface area contributed by atoms with Gasteiger partial charge in [0.2, 0.25) is 0 Å². The smallest absolute Gasteiger partial charge is 0.267 e. The Hall–Kier alpha value is -2.18. The fourth-order valence-electron chi connectivity index (χ4n) is 3.75. The Morgan fingerprint density at radius 1 is 1.21 bits per heavy atom. The molecule has 1 saturated carbocycles. The maximum Gasteiger partial charge on any atom is 0.267 e. The number of halogens is 2. The number of rotatable bonds is 3. The van der Waals surface area contributed by atoms with Crippen LogP contribution in [0.15, 0.2) is 52.5 Å². The number of hydrogen-bond acceptors (Lipinski definition) is 4. The summed E-state index contributed by atoms with van der Waals surface area (Å²) in [5, 5.41) is 0.942. The van der Waals surface area contributed by atoms with Crippen LogP contribution in [0.25, 0.3) is 5.57 Å². The number of aromatic nitrogens is 1. The van der Waals surface area contributed by atoms with E-state index in [-0.39, 0.29) is 17.8 Å². The third-order valence-corrected chi connectivity index (χ3v) is 6.77. The number of amidine groups is 1. The highest BCUT2D eigenvalue weighted by atomic mass is 35.5. The van der Waals surface area contributed by atoms with Crippen LogP contribution in [0, 0.1) is 5.82 Å². The summed E-state index contributed by atoms with van der Waals surface area (Å²) in [6.45, 7) is 1.90. The minimum Gasteiger partial charge on any atom is -0.283 e. The van der Waals surface area contributed by atoms with Crippen LogP contribution in [0.5, 0.6) is 0 Å². The molecule has 1 aromatic carbocycles. The van der Waals surface area contributed by atoms with Crippen molar-refractivity contribution in [3.05, 3.63) is 64.0 Å². The van der Waals surface area contributed by atoms with Gasteiger partial charge in [-0.25, -0.2) is 14.4 Å². The average molecular weight is 430 g/mol. The van der Waals surface area contributed by atoms with Crippen molar-refractivity contribution in [2.75, 3.05) is 0 Å². The Morgan fingerprint density at radius 2 is 1.93 bits per heavy atom. The molecule has 0 N–H and O–H groups in total. The van der Waals surface area contributed by atoms with Crippen LogP contribution in [0.2, 0.25) is 5.15 Å². The Bertz CT molecular complexity index is 984. The second-order valence-electron chi connectivity index (χ2n) is 7.24. The molecule has 0 atom stereocenters. The van der Waals surface area contributed by atoms with Crippen LogP contribution in [-0.4, -0.2) is 27.0 Å². The summed E-state index contributed by atoms with van der Waals surface area (Å²) in [4.78, 5) is 24.7. The molecule has 7 heteroatoms. The molecule has 1 aliphatic heterocycles. The van der Waals surface area contributed by atoms with E-state index in [0.717, 1.165) is 36.8 Å². The number of carbonyl (C=O) groups excluding carboxylic acids is 1. The normalized spacial score (nSPS) is 21.1. The largest absolute Gasteiger partial charge is 0.283 e. The Morgan fingerprint density at radius 3 is 2.62 bits per heavy atom. The number of carbonyl (C=O) groups is 1. The van der Waals surface area contributed by atoms with E-state index in [4.69, 9.17) is 16.6 Å². The number of thioether (sulfide) groups is 1. The molecule has 1 amide bonds. The standard InChI is InChI=1S/C22H21ClFN3OS/c1-14(15-9-11-16(24)12-10-15)19-21(28)27(17-6-3-2-4-7-17)22(29-19)26-18-8-5-13-25-20(18)23/h5,8-13,17H,2-4,6-7H2,1H3/b19-14-,26-22?. The first kappa shape index (κ1) is 20.1. The molecular weight excluding hydrogens is 409 g/mol. The third kappa shape index (κ3) is 4.23. The van der Waals surface area contributed by atoms with Crippen LogP contribution in [0.4, 0.5) is 10.1 Å². The number of pyridine rings is 1. The summed E-state index contributed by atoms with van der Waals surface area (Å²) in [5.41, 5.74) is 2.20. The van der Waals surface area contributed by atoms with Gasteiger partial charge in [0.15, 0.2) is 10.3 Å². The van der Waals surface area contributed by atoms with Gasteiger partial charge in [-0.3, -0.25) is 9.69 Å². The van der Waals surface area contributed by atoms with E-state index in [1.165, 1.54) is 30.3 Å². The molecule has 29 heavy (non-hydrogen) atoms. The van der Waals surface area contributed by atoms with Gasteiger partial charge in [0.1, 0.15) is 11.5 Å². The zero-order valence-electron chi connectivity index (χ0n) is 16.1. The fraction of sp³-hybridized carbons (Fsp3) is 0.318. The summed E-state index contributed by atoms with van der Waals surface area (Å²) in [7, 11) is 0. The molecule has 0 spiro atoms. The monoisotopic (exact) mass is 429 g/mol. The molecule has 4 rings (SSSR count). The highest BCUT2D eigenvalue weighted by Crippen LogP contribution is 2.41. The maximum atomic E-state index is 13.4. The first-order chi connectivity index (χ1) is 14.0. The van der Waals surface area contributed by atoms with Gasteiger partial charge in [-0.15, -0.1) is 0 Å². The summed E-state index contributed by atoms with van der Waals surface area (Å²) in [5.74, 6) is -0.336. The Balaban J connectivity index is 1.76. The first-order valence-electron chi connectivity index (χ1n) is 9.72. The number of allylic oxidation sites excluding steroid dienone is 1. The second kappa shape index (κ2) is 8.67. The number of benzene rings is 1. The van der Waals surface area contributed by atoms with Gasteiger partial charge in [-0.2, -0.15) is 0 Å². The van der Waals surface area contributed by atoms with Crippen LogP contribution in [-0.2, 0) is 4.79 Å². The van der Waals surface area contributed by atoms with Crippen LogP contribution in [0.1, 0.15) is 44.6 Å². The van der Waals surface area contributed by atoms with Crippen molar-refractivity contribution in [3.63, 3.8) is 0 Å². The maximum absolute atomic E-state index is 13.4. The van der Waals surface area contributed by atoms with Crippen molar-refractivity contribution < 1.29 is 9.18 Å². The molecule has 4 nitrogen and oxygen atoms in total. The SMILES string of the molecule is C/C(=C1/SC(=Nc2cccnc2Cl)N(C2CCCCC2)C1=O)c1ccc(F)cc1. The van der Waals surface area contributed by atoms with Crippen molar-refractivity contribution in [1.29, 1.82) is 0 Å². The molecular formula is C22H21ClFN3OS. The molecule has 150 valence electrons. The summed E-state index contributed by atoms with van der Waals surface area (Å²) in [6.07, 6.45) is 6.96. The van der Waals surface area contributed by atoms with Gasteiger partial charge in [0.25, 0.3) is 5.91 Å². The predicted molar refractivity (Wildman–Crippen MR) is 117 cm³/mol. The second-order valence-corrected chi connectivity index (χ2v) is 8.57. The van der Waals surface area contributed by atoms with E-state index in [0.29, 0.717) is 20.9 Å². The molecule has 1 aromatic heterocycles. The molecule has 2 fully saturated rings. The van der Waals surface area contributed by atoms with Crippen molar-refractivity contribution in [2.45, 2.75) is 45.1 Å². The highest BCUT2D eigenvalue weighted by molar-refractivity contribution is 8.18. The summed E-state index contributed by atoms with van der Waals surface area (Å²) in [6, 6.07) is 9.92. The lowest BCUT2D eigenvalue weighted by Gasteiger charge is -2.30. The summed E-state index contributed by atoms with van der Waals surface area (Å²) < 4.78 is 13.3. The zero-order chi connectivity index (χ0) is 20.4. The quantitative estimate of drug-likeness (QED) is 0.431. The molecule has 0 unspecified atom stereocenters. The summed E-state index contributed by atoms with van der Waals surface area (Å²) >= 11 is 7.56. The first-order valence-corrected chi connectivity index (χ1v) is 10.9. The van der Waals surface area contributed by atoms with E-state index >= 15 is 0 Å². The lowest BCUT2D eigenvalue weighted by Crippen LogP contribution is -2.40. The predicted octanol–water partition coefficient (Wildman–Crippen LogP) is 6.20. The highest BCUT2D eigenvalue weighted by Gasteiger charge is 2.39. The van der Waals surface area contributed by atoms with Crippen molar-refractivity contribution in [2.24, 2.45) is 4.99 Å². The minimum absolute atomic E-state index is 0.0394. The lowest BCUT2D eigenvalue weighted by atomic mass is 9.94. The van der Waals surface area contributed by atoms with Gasteiger partial charge >= 0.3 is 0 Å².